The second-order valence-corrected chi connectivity index (χ2v) is 4.37. The molecule has 1 rings (SSSR count). The molecule has 0 aromatic carbocycles. The van der Waals surface area contributed by atoms with Crippen LogP contribution in [0.25, 0.3) is 0 Å². The fraction of sp³-hybridized carbons (Fsp3) is 0.364. The van der Waals surface area contributed by atoms with E-state index in [0.717, 1.165) is 11.3 Å². The Hall–Kier alpha value is -2.07. The van der Waals surface area contributed by atoms with Gasteiger partial charge in [0.2, 0.25) is 0 Å². The van der Waals surface area contributed by atoms with Crippen molar-refractivity contribution in [2.75, 3.05) is 6.54 Å². The number of rotatable bonds is 4. The van der Waals surface area contributed by atoms with Crippen molar-refractivity contribution < 1.29 is 14.7 Å². The summed E-state index contributed by atoms with van der Waals surface area (Å²) in [4.78, 5) is 26.4. The van der Waals surface area contributed by atoms with Gasteiger partial charge in [0.05, 0.1) is 18.8 Å². The summed E-state index contributed by atoms with van der Waals surface area (Å²) in [7, 11) is 0. The van der Waals surface area contributed by atoms with Crippen LogP contribution in [-0.2, 0) is 6.54 Å². The predicted octanol–water partition coefficient (Wildman–Crippen LogP) is 0.972. The van der Waals surface area contributed by atoms with E-state index in [0.29, 0.717) is 10.7 Å². The highest BCUT2D eigenvalue weighted by molar-refractivity contribution is 7.13. The van der Waals surface area contributed by atoms with E-state index in [-0.39, 0.29) is 24.0 Å². The average Bonchev–Trinajstić information content (AvgIpc) is 2.68. The first-order valence-corrected chi connectivity index (χ1v) is 5.97. The summed E-state index contributed by atoms with van der Waals surface area (Å²) in [6.07, 6.45) is 0. The summed E-state index contributed by atoms with van der Waals surface area (Å²) in [6, 6.07) is -0.359. The molecule has 0 fully saturated rings. The van der Waals surface area contributed by atoms with E-state index in [4.69, 9.17) is 5.11 Å². The highest BCUT2D eigenvalue weighted by Gasteiger charge is 2.13. The van der Waals surface area contributed by atoms with Crippen LogP contribution in [0.4, 0.5) is 4.79 Å². The van der Waals surface area contributed by atoms with E-state index in [2.05, 4.69) is 27.5 Å². The molecule has 0 saturated carbocycles. The van der Waals surface area contributed by atoms with Crippen LogP contribution >= 0.6 is 11.3 Å². The maximum Gasteiger partial charge on any atom is 0.347 e. The molecule has 96 valence electrons. The van der Waals surface area contributed by atoms with Crippen molar-refractivity contribution in [1.29, 1.82) is 0 Å². The van der Waals surface area contributed by atoms with Gasteiger partial charge in [0.1, 0.15) is 9.88 Å². The standard InChI is InChI=1S/C11H13N3O3S/c1-3-4-5-12-11(17)13-6-8-14-7(2)9(18-8)10(15)16/h5-6H2,1-2H3,(H,15,16)(H2,12,13,17). The molecule has 0 aliphatic carbocycles. The van der Waals surface area contributed by atoms with E-state index in [1.807, 2.05) is 0 Å². The van der Waals surface area contributed by atoms with Crippen molar-refractivity contribution in [1.82, 2.24) is 15.6 Å². The van der Waals surface area contributed by atoms with E-state index < -0.39 is 5.97 Å². The Morgan fingerprint density at radius 2 is 2.17 bits per heavy atom. The predicted molar refractivity (Wildman–Crippen MR) is 67.5 cm³/mol. The number of aromatic carboxylic acids is 1. The molecule has 0 spiro atoms. The number of nitrogens with zero attached hydrogens (tertiary/aromatic N) is 1. The van der Waals surface area contributed by atoms with Crippen molar-refractivity contribution in [3.63, 3.8) is 0 Å². The first-order chi connectivity index (χ1) is 8.54. The monoisotopic (exact) mass is 267 g/mol. The molecule has 0 aliphatic heterocycles. The van der Waals surface area contributed by atoms with Gasteiger partial charge in [-0.1, -0.05) is 5.92 Å². The fourth-order valence-corrected chi connectivity index (χ4v) is 2.00. The molecular formula is C11H13N3O3S. The van der Waals surface area contributed by atoms with E-state index in [9.17, 15) is 9.59 Å². The summed E-state index contributed by atoms with van der Waals surface area (Å²) in [6.45, 7) is 3.79. The molecule has 2 amide bonds. The Balaban J connectivity index is 2.48. The summed E-state index contributed by atoms with van der Waals surface area (Å²) < 4.78 is 0. The van der Waals surface area contributed by atoms with Crippen LogP contribution < -0.4 is 10.6 Å². The Morgan fingerprint density at radius 1 is 1.44 bits per heavy atom. The van der Waals surface area contributed by atoms with Gasteiger partial charge in [-0.15, -0.1) is 17.3 Å². The lowest BCUT2D eigenvalue weighted by molar-refractivity contribution is 0.0701. The number of carboxylic acids is 1. The van der Waals surface area contributed by atoms with E-state index in [1.54, 1.807) is 13.8 Å². The highest BCUT2D eigenvalue weighted by Crippen LogP contribution is 2.17. The van der Waals surface area contributed by atoms with Crippen LogP contribution in [0, 0.1) is 18.8 Å². The molecular weight excluding hydrogens is 254 g/mol. The lowest BCUT2D eigenvalue weighted by Gasteiger charge is -2.02. The summed E-state index contributed by atoms with van der Waals surface area (Å²) in [5.74, 6) is 4.34. The average molecular weight is 267 g/mol. The Labute approximate surface area is 108 Å². The maximum atomic E-state index is 11.3. The van der Waals surface area contributed by atoms with Gasteiger partial charge >= 0.3 is 12.0 Å². The number of carbonyl (C=O) groups excluding carboxylic acids is 1. The highest BCUT2D eigenvalue weighted by atomic mass is 32.1. The van der Waals surface area contributed by atoms with Crippen molar-refractivity contribution >= 4 is 23.3 Å². The fourth-order valence-electron chi connectivity index (χ4n) is 1.16. The zero-order valence-corrected chi connectivity index (χ0v) is 10.8. The van der Waals surface area contributed by atoms with Crippen LogP contribution in [0.15, 0.2) is 0 Å². The first-order valence-electron chi connectivity index (χ1n) is 5.15. The third-order valence-corrected chi connectivity index (χ3v) is 3.09. The molecule has 7 heteroatoms. The van der Waals surface area contributed by atoms with Gasteiger partial charge in [0.25, 0.3) is 0 Å². The molecule has 0 bridgehead atoms. The Kier molecular flexibility index (Phi) is 5.14. The molecule has 1 aromatic rings. The Bertz CT molecular complexity index is 513. The van der Waals surface area contributed by atoms with Gasteiger partial charge < -0.3 is 15.7 Å². The number of hydrogen-bond acceptors (Lipinski definition) is 4. The molecule has 1 aromatic heterocycles. The van der Waals surface area contributed by atoms with Crippen molar-refractivity contribution in [3.8, 4) is 11.8 Å². The molecule has 0 aliphatic rings. The summed E-state index contributed by atoms with van der Waals surface area (Å²) in [5.41, 5.74) is 0.460. The van der Waals surface area contributed by atoms with Crippen molar-refractivity contribution in [3.05, 3.63) is 15.6 Å². The van der Waals surface area contributed by atoms with Crippen LogP contribution in [0.3, 0.4) is 0 Å². The number of aromatic nitrogens is 1. The first kappa shape index (κ1) is 14.0. The zero-order chi connectivity index (χ0) is 13.5. The number of amides is 2. The number of carbonyl (C=O) groups is 2. The summed E-state index contributed by atoms with van der Waals surface area (Å²) in [5, 5.41) is 14.5. The lowest BCUT2D eigenvalue weighted by Crippen LogP contribution is -2.35. The molecule has 6 nitrogen and oxygen atoms in total. The van der Waals surface area contributed by atoms with Crippen LogP contribution in [0.2, 0.25) is 0 Å². The second-order valence-electron chi connectivity index (χ2n) is 3.29. The minimum absolute atomic E-state index is 0.198. The SMILES string of the molecule is CC#CCNC(=O)NCc1nc(C)c(C(=O)O)s1. The molecule has 0 unspecified atom stereocenters. The Morgan fingerprint density at radius 3 is 2.72 bits per heavy atom. The number of hydrogen-bond donors (Lipinski definition) is 3. The van der Waals surface area contributed by atoms with E-state index >= 15 is 0 Å². The van der Waals surface area contributed by atoms with E-state index in [1.165, 1.54) is 0 Å². The number of urea groups is 1. The van der Waals surface area contributed by atoms with Gasteiger partial charge in [-0.3, -0.25) is 0 Å². The molecule has 0 atom stereocenters. The molecule has 1 heterocycles. The number of aryl methyl sites for hydroxylation is 1. The molecule has 0 radical (unpaired) electrons. The van der Waals surface area contributed by atoms with Gasteiger partial charge in [-0.05, 0) is 13.8 Å². The third kappa shape index (κ3) is 4.07. The van der Waals surface area contributed by atoms with Gasteiger partial charge in [-0.25, -0.2) is 14.6 Å². The maximum absolute atomic E-state index is 11.3. The van der Waals surface area contributed by atoms with Crippen LogP contribution in [-0.4, -0.2) is 28.6 Å². The van der Waals surface area contributed by atoms with Gasteiger partial charge in [0.15, 0.2) is 0 Å². The number of nitrogens with one attached hydrogen (secondary N) is 2. The van der Waals surface area contributed by atoms with Crippen LogP contribution in [0.5, 0.6) is 0 Å². The van der Waals surface area contributed by atoms with Gasteiger partial charge in [0, 0.05) is 0 Å². The number of thiazole rings is 1. The minimum Gasteiger partial charge on any atom is -0.477 e. The smallest absolute Gasteiger partial charge is 0.347 e. The quantitative estimate of drug-likeness (QED) is 0.709. The molecule has 0 saturated heterocycles. The topological polar surface area (TPSA) is 91.3 Å². The van der Waals surface area contributed by atoms with Crippen molar-refractivity contribution in [2.24, 2.45) is 0 Å². The third-order valence-electron chi connectivity index (χ3n) is 1.95. The largest absolute Gasteiger partial charge is 0.477 e. The lowest BCUT2D eigenvalue weighted by atomic mass is 10.4. The second kappa shape index (κ2) is 6.61. The number of carboxylic acid groups (broad SMARTS) is 1. The van der Waals surface area contributed by atoms with Crippen molar-refractivity contribution in [2.45, 2.75) is 20.4 Å². The molecule has 3 N–H and O–H groups in total. The van der Waals surface area contributed by atoms with Crippen LogP contribution in [0.1, 0.15) is 27.3 Å². The summed E-state index contributed by atoms with van der Waals surface area (Å²) >= 11 is 1.06. The zero-order valence-electron chi connectivity index (χ0n) is 10.0. The minimum atomic E-state index is -1.00. The molecule has 18 heavy (non-hydrogen) atoms. The normalized spacial score (nSPS) is 9.22. The van der Waals surface area contributed by atoms with Gasteiger partial charge in [-0.2, -0.15) is 0 Å².